The van der Waals surface area contributed by atoms with Crippen molar-refractivity contribution in [3.63, 3.8) is 0 Å². The zero-order chi connectivity index (χ0) is 8.97. The Hall–Kier alpha value is -0.730. The molecule has 0 aliphatic heterocycles. The van der Waals surface area contributed by atoms with Gasteiger partial charge in [-0.3, -0.25) is 0 Å². The van der Waals surface area contributed by atoms with Gasteiger partial charge in [0.25, 0.3) is 0 Å². The second-order valence-corrected chi connectivity index (χ2v) is 2.89. The zero-order valence-corrected chi connectivity index (χ0v) is 7.42. The van der Waals surface area contributed by atoms with Crippen LogP contribution in [-0.4, -0.2) is 11.0 Å². The molecule has 1 aromatic heterocycles. The van der Waals surface area contributed by atoms with Gasteiger partial charge in [-0.05, 0) is 12.1 Å². The second-order valence-electron chi connectivity index (χ2n) is 2.62. The maximum absolute atomic E-state index is 9.50. The third kappa shape index (κ3) is 2.40. The maximum atomic E-state index is 9.50. The minimum absolute atomic E-state index is 0.373. The molecular weight excluding hydrogens is 176 g/mol. The van der Waals surface area contributed by atoms with Crippen LogP contribution in [0.5, 0.6) is 0 Å². The molecule has 0 bridgehead atoms. The molecule has 2 nitrogen and oxygen atoms in total. The van der Waals surface area contributed by atoms with E-state index in [9.17, 15) is 5.11 Å². The van der Waals surface area contributed by atoms with Gasteiger partial charge in [0, 0.05) is 12.3 Å². The fourth-order valence-corrected chi connectivity index (χ4v) is 1.02. The fourth-order valence-electron chi connectivity index (χ4n) is 0.909. The molecule has 1 N–H and O–H groups in total. The van der Waals surface area contributed by atoms with E-state index in [2.05, 4.69) is 6.58 Å². The molecule has 66 valence electrons. The van der Waals surface area contributed by atoms with E-state index in [1.807, 2.05) is 0 Å². The maximum Gasteiger partial charge on any atom is 0.132 e. The predicted octanol–water partition coefficient (Wildman–Crippen LogP) is 2.50. The SMILES string of the molecule is C=C(CCl)CC(O)c1ccco1. The Morgan fingerprint density at radius 1 is 1.75 bits per heavy atom. The first-order chi connectivity index (χ1) is 5.74. The Morgan fingerprint density at radius 3 is 3.00 bits per heavy atom. The van der Waals surface area contributed by atoms with Crippen LogP contribution in [0.3, 0.4) is 0 Å². The molecule has 0 spiro atoms. The Morgan fingerprint density at radius 2 is 2.50 bits per heavy atom. The van der Waals surface area contributed by atoms with Gasteiger partial charge in [-0.2, -0.15) is 0 Å². The van der Waals surface area contributed by atoms with Gasteiger partial charge in [-0.25, -0.2) is 0 Å². The number of furan rings is 1. The Kier molecular flexibility index (Phi) is 3.38. The Balaban J connectivity index is 2.49. The largest absolute Gasteiger partial charge is 0.467 e. The lowest BCUT2D eigenvalue weighted by Gasteiger charge is -2.07. The molecule has 0 fully saturated rings. The quantitative estimate of drug-likeness (QED) is 0.579. The van der Waals surface area contributed by atoms with Crippen LogP contribution in [0.1, 0.15) is 18.3 Å². The normalized spacial score (nSPS) is 12.8. The Labute approximate surface area is 76.5 Å². The van der Waals surface area contributed by atoms with Crippen molar-refractivity contribution < 1.29 is 9.52 Å². The summed E-state index contributed by atoms with van der Waals surface area (Å²) in [5.41, 5.74) is 0.806. The summed E-state index contributed by atoms with van der Waals surface area (Å²) in [5.74, 6) is 0.930. The van der Waals surface area contributed by atoms with Crippen molar-refractivity contribution in [3.8, 4) is 0 Å². The highest BCUT2D eigenvalue weighted by Crippen LogP contribution is 2.20. The van der Waals surface area contributed by atoms with Gasteiger partial charge in [-0.15, -0.1) is 11.6 Å². The minimum Gasteiger partial charge on any atom is -0.467 e. The van der Waals surface area contributed by atoms with Crippen LogP contribution in [0.15, 0.2) is 35.0 Å². The van der Waals surface area contributed by atoms with E-state index in [-0.39, 0.29) is 0 Å². The number of alkyl halides is 1. The van der Waals surface area contributed by atoms with E-state index in [0.29, 0.717) is 18.1 Å². The van der Waals surface area contributed by atoms with Crippen LogP contribution in [-0.2, 0) is 0 Å². The first-order valence-corrected chi connectivity index (χ1v) is 4.21. The van der Waals surface area contributed by atoms with Gasteiger partial charge < -0.3 is 9.52 Å². The predicted molar refractivity (Wildman–Crippen MR) is 48.1 cm³/mol. The van der Waals surface area contributed by atoms with E-state index in [1.165, 1.54) is 6.26 Å². The smallest absolute Gasteiger partial charge is 0.132 e. The first-order valence-electron chi connectivity index (χ1n) is 3.68. The molecule has 0 aromatic carbocycles. The summed E-state index contributed by atoms with van der Waals surface area (Å²) in [5, 5.41) is 9.50. The van der Waals surface area contributed by atoms with Crippen LogP contribution >= 0.6 is 11.6 Å². The lowest BCUT2D eigenvalue weighted by atomic mass is 10.1. The van der Waals surface area contributed by atoms with E-state index >= 15 is 0 Å². The van der Waals surface area contributed by atoms with Crippen molar-refractivity contribution >= 4 is 11.6 Å². The van der Waals surface area contributed by atoms with Gasteiger partial charge in [-0.1, -0.05) is 12.2 Å². The molecule has 1 rings (SSSR count). The van der Waals surface area contributed by atoms with Crippen molar-refractivity contribution in [3.05, 3.63) is 36.3 Å². The molecule has 0 aliphatic carbocycles. The molecule has 12 heavy (non-hydrogen) atoms. The Bertz CT molecular complexity index is 241. The van der Waals surface area contributed by atoms with Crippen molar-refractivity contribution in [2.24, 2.45) is 0 Å². The molecule has 1 atom stereocenters. The minimum atomic E-state index is -0.619. The molecule has 0 amide bonds. The molecule has 0 aliphatic rings. The fraction of sp³-hybridized carbons (Fsp3) is 0.333. The summed E-state index contributed by atoms with van der Waals surface area (Å²) < 4.78 is 5.01. The number of hydrogen-bond acceptors (Lipinski definition) is 2. The lowest BCUT2D eigenvalue weighted by molar-refractivity contribution is 0.150. The monoisotopic (exact) mass is 186 g/mol. The van der Waals surface area contributed by atoms with Gasteiger partial charge in [0.15, 0.2) is 0 Å². The van der Waals surface area contributed by atoms with Crippen LogP contribution < -0.4 is 0 Å². The summed E-state index contributed by atoms with van der Waals surface area (Å²) in [6, 6.07) is 3.47. The third-order valence-electron chi connectivity index (χ3n) is 1.54. The summed E-state index contributed by atoms with van der Waals surface area (Å²) in [7, 11) is 0. The lowest BCUT2D eigenvalue weighted by Crippen LogP contribution is -1.97. The zero-order valence-electron chi connectivity index (χ0n) is 6.66. The average Bonchev–Trinajstić information content (AvgIpc) is 2.56. The molecule has 1 heterocycles. The summed E-state index contributed by atoms with van der Waals surface area (Å²) in [6.07, 6.45) is 1.37. The van der Waals surface area contributed by atoms with Crippen molar-refractivity contribution in [2.45, 2.75) is 12.5 Å². The highest BCUT2D eigenvalue weighted by molar-refractivity contribution is 6.19. The van der Waals surface area contributed by atoms with Gasteiger partial charge in [0.2, 0.25) is 0 Å². The molecule has 0 saturated heterocycles. The summed E-state index contributed by atoms with van der Waals surface area (Å²) in [4.78, 5) is 0. The average molecular weight is 187 g/mol. The molecule has 0 radical (unpaired) electrons. The van der Waals surface area contributed by atoms with Gasteiger partial charge in [0.1, 0.15) is 11.9 Å². The standard InChI is InChI=1S/C9H11ClO2/c1-7(6-10)5-8(11)9-3-2-4-12-9/h2-4,8,11H,1,5-6H2. The number of aliphatic hydroxyl groups is 1. The second kappa shape index (κ2) is 4.33. The number of hydrogen-bond donors (Lipinski definition) is 1. The van der Waals surface area contributed by atoms with E-state index < -0.39 is 6.10 Å². The first kappa shape index (κ1) is 9.36. The summed E-state index contributed by atoms with van der Waals surface area (Å²) >= 11 is 5.52. The van der Waals surface area contributed by atoms with Crippen LogP contribution in [0.25, 0.3) is 0 Å². The van der Waals surface area contributed by atoms with E-state index in [1.54, 1.807) is 12.1 Å². The topological polar surface area (TPSA) is 33.4 Å². The highest BCUT2D eigenvalue weighted by Gasteiger charge is 2.10. The van der Waals surface area contributed by atoms with Crippen molar-refractivity contribution in [2.75, 3.05) is 5.88 Å². The number of rotatable bonds is 4. The molecule has 0 saturated carbocycles. The molecule has 3 heteroatoms. The number of halogens is 1. The molecular formula is C9H11ClO2. The van der Waals surface area contributed by atoms with Gasteiger partial charge in [0.05, 0.1) is 6.26 Å². The molecule has 1 unspecified atom stereocenters. The third-order valence-corrected chi connectivity index (χ3v) is 1.92. The van der Waals surface area contributed by atoms with Crippen molar-refractivity contribution in [1.82, 2.24) is 0 Å². The van der Waals surface area contributed by atoms with Gasteiger partial charge >= 0.3 is 0 Å². The molecule has 1 aromatic rings. The number of aliphatic hydroxyl groups excluding tert-OH is 1. The van der Waals surface area contributed by atoms with Crippen LogP contribution in [0.4, 0.5) is 0 Å². The van der Waals surface area contributed by atoms with Crippen LogP contribution in [0, 0.1) is 0 Å². The van der Waals surface area contributed by atoms with Crippen LogP contribution in [0.2, 0.25) is 0 Å². The van der Waals surface area contributed by atoms with E-state index in [4.69, 9.17) is 16.0 Å². The van der Waals surface area contributed by atoms with Crippen molar-refractivity contribution in [1.29, 1.82) is 0 Å². The highest BCUT2D eigenvalue weighted by atomic mass is 35.5. The van der Waals surface area contributed by atoms with E-state index in [0.717, 1.165) is 5.57 Å². The summed E-state index contributed by atoms with van der Waals surface area (Å²) in [6.45, 7) is 3.69.